The van der Waals surface area contributed by atoms with E-state index in [0.29, 0.717) is 11.6 Å². The van der Waals surface area contributed by atoms with Crippen molar-refractivity contribution in [2.45, 2.75) is 25.4 Å². The number of nitrogens with one attached hydrogen (secondary N) is 1. The van der Waals surface area contributed by atoms with Crippen molar-refractivity contribution < 1.29 is 9.90 Å². The Hall–Kier alpha value is -1.39. The summed E-state index contributed by atoms with van der Waals surface area (Å²) in [5.74, 6) is -0.871. The van der Waals surface area contributed by atoms with E-state index in [2.05, 4.69) is 17.3 Å². The largest absolute Gasteiger partial charge is 0.478 e. The van der Waals surface area contributed by atoms with Gasteiger partial charge in [-0.25, -0.2) is 4.79 Å². The molecular weight excluding hydrogens is 228 g/mol. The molecule has 1 heterocycles. The molecule has 4 nitrogen and oxygen atoms in total. The molecule has 4 heteroatoms. The number of hydrogen-bond donors (Lipinski definition) is 2. The van der Waals surface area contributed by atoms with Crippen LogP contribution in [0, 0.1) is 0 Å². The second-order valence-corrected chi connectivity index (χ2v) is 4.96. The van der Waals surface area contributed by atoms with Gasteiger partial charge in [-0.3, -0.25) is 0 Å². The van der Waals surface area contributed by atoms with Crippen LogP contribution < -0.4 is 5.32 Å². The number of aromatic carboxylic acids is 1. The first-order valence-corrected chi connectivity index (χ1v) is 6.39. The molecule has 0 atom stereocenters. The lowest BCUT2D eigenvalue weighted by Crippen LogP contribution is -2.40. The zero-order chi connectivity index (χ0) is 13.0. The molecule has 0 aliphatic carbocycles. The van der Waals surface area contributed by atoms with Crippen molar-refractivity contribution in [1.82, 2.24) is 10.2 Å². The molecule has 0 aromatic heterocycles. The molecule has 18 heavy (non-hydrogen) atoms. The Balaban J connectivity index is 1.81. The van der Waals surface area contributed by atoms with E-state index in [-0.39, 0.29) is 0 Å². The van der Waals surface area contributed by atoms with E-state index in [1.54, 1.807) is 12.1 Å². The number of carboxylic acid groups (broad SMARTS) is 1. The minimum Gasteiger partial charge on any atom is -0.478 e. The van der Waals surface area contributed by atoms with Crippen LogP contribution in [0.15, 0.2) is 24.3 Å². The average molecular weight is 248 g/mol. The van der Waals surface area contributed by atoms with E-state index >= 15 is 0 Å². The van der Waals surface area contributed by atoms with E-state index < -0.39 is 5.97 Å². The Morgan fingerprint density at radius 3 is 2.50 bits per heavy atom. The van der Waals surface area contributed by atoms with Crippen LogP contribution in [-0.2, 0) is 6.54 Å². The molecule has 2 N–H and O–H groups in total. The van der Waals surface area contributed by atoms with E-state index in [9.17, 15) is 4.79 Å². The van der Waals surface area contributed by atoms with Gasteiger partial charge in [0.25, 0.3) is 0 Å². The highest BCUT2D eigenvalue weighted by atomic mass is 16.4. The van der Waals surface area contributed by atoms with Gasteiger partial charge in [0.05, 0.1) is 5.56 Å². The van der Waals surface area contributed by atoms with Crippen molar-refractivity contribution in [2.75, 3.05) is 20.1 Å². The quantitative estimate of drug-likeness (QED) is 0.849. The first-order chi connectivity index (χ1) is 8.65. The highest BCUT2D eigenvalue weighted by molar-refractivity contribution is 5.87. The zero-order valence-electron chi connectivity index (χ0n) is 10.7. The molecule has 1 aliphatic rings. The maximum absolute atomic E-state index is 10.7. The number of nitrogens with zero attached hydrogens (tertiary/aromatic N) is 1. The van der Waals surface area contributed by atoms with Crippen molar-refractivity contribution in [3.8, 4) is 0 Å². The number of carbonyl (C=O) groups is 1. The molecule has 0 amide bonds. The Labute approximate surface area is 108 Å². The van der Waals surface area contributed by atoms with Crippen molar-refractivity contribution in [1.29, 1.82) is 0 Å². The molecular formula is C14H20N2O2. The third-order valence-corrected chi connectivity index (χ3v) is 3.51. The summed E-state index contributed by atoms with van der Waals surface area (Å²) in [6.45, 7) is 3.11. The van der Waals surface area contributed by atoms with Crippen LogP contribution >= 0.6 is 0 Å². The van der Waals surface area contributed by atoms with E-state index in [4.69, 9.17) is 5.11 Å². The highest BCUT2D eigenvalue weighted by Gasteiger charge is 2.15. The maximum Gasteiger partial charge on any atom is 0.335 e. The van der Waals surface area contributed by atoms with Gasteiger partial charge < -0.3 is 15.3 Å². The van der Waals surface area contributed by atoms with Gasteiger partial charge in [-0.15, -0.1) is 0 Å². The Morgan fingerprint density at radius 2 is 1.94 bits per heavy atom. The molecule has 2 rings (SSSR count). The monoisotopic (exact) mass is 248 g/mol. The molecule has 0 unspecified atom stereocenters. The lowest BCUT2D eigenvalue weighted by molar-refractivity contribution is 0.0697. The number of benzene rings is 1. The Bertz CT molecular complexity index is 395. The van der Waals surface area contributed by atoms with Crippen LogP contribution in [0.1, 0.15) is 28.8 Å². The standard InChI is InChI=1S/C14H20N2O2/c1-16-8-6-13(7-9-16)15-10-11-2-4-12(5-3-11)14(17)18/h2-5,13,15H,6-10H2,1H3,(H,17,18). The number of rotatable bonds is 4. The first kappa shape index (κ1) is 13.1. The summed E-state index contributed by atoms with van der Waals surface area (Å²) in [5, 5.41) is 12.3. The summed E-state index contributed by atoms with van der Waals surface area (Å²) in [7, 11) is 2.15. The van der Waals surface area contributed by atoms with E-state index in [1.165, 1.54) is 12.8 Å². The van der Waals surface area contributed by atoms with Crippen LogP contribution in [0.4, 0.5) is 0 Å². The second-order valence-electron chi connectivity index (χ2n) is 4.96. The molecule has 0 spiro atoms. The number of hydrogen-bond acceptors (Lipinski definition) is 3. The number of carboxylic acids is 1. The number of piperidine rings is 1. The maximum atomic E-state index is 10.7. The van der Waals surface area contributed by atoms with Crippen molar-refractivity contribution in [2.24, 2.45) is 0 Å². The minimum atomic E-state index is -0.871. The van der Waals surface area contributed by atoms with E-state index in [1.807, 2.05) is 12.1 Å². The summed E-state index contributed by atoms with van der Waals surface area (Å²) in [4.78, 5) is 13.1. The lowest BCUT2D eigenvalue weighted by atomic mass is 10.0. The summed E-state index contributed by atoms with van der Waals surface area (Å²) in [6, 6.07) is 7.67. The van der Waals surface area contributed by atoms with Crippen LogP contribution in [-0.4, -0.2) is 42.2 Å². The van der Waals surface area contributed by atoms with Crippen LogP contribution in [0.25, 0.3) is 0 Å². The summed E-state index contributed by atoms with van der Waals surface area (Å²) < 4.78 is 0. The van der Waals surface area contributed by atoms with Gasteiger partial charge in [0.2, 0.25) is 0 Å². The second kappa shape index (κ2) is 5.98. The normalized spacial score (nSPS) is 17.8. The van der Waals surface area contributed by atoms with Gasteiger partial charge in [0.1, 0.15) is 0 Å². The third-order valence-electron chi connectivity index (χ3n) is 3.51. The average Bonchev–Trinajstić information content (AvgIpc) is 2.38. The molecule has 1 saturated heterocycles. The zero-order valence-corrected chi connectivity index (χ0v) is 10.7. The molecule has 1 aromatic carbocycles. The number of likely N-dealkylation sites (tertiary alicyclic amines) is 1. The summed E-state index contributed by atoms with van der Waals surface area (Å²) in [5.41, 5.74) is 1.48. The van der Waals surface area contributed by atoms with Gasteiger partial charge in [0.15, 0.2) is 0 Å². The smallest absolute Gasteiger partial charge is 0.335 e. The molecule has 0 saturated carbocycles. The topological polar surface area (TPSA) is 52.6 Å². The predicted octanol–water partition coefficient (Wildman–Crippen LogP) is 1.57. The van der Waals surface area contributed by atoms with E-state index in [0.717, 1.165) is 25.2 Å². The summed E-state index contributed by atoms with van der Waals surface area (Å²) in [6.07, 6.45) is 2.37. The van der Waals surface area contributed by atoms with Crippen LogP contribution in [0.3, 0.4) is 0 Å². The SMILES string of the molecule is CN1CCC(NCc2ccc(C(=O)O)cc2)CC1. The predicted molar refractivity (Wildman–Crippen MR) is 70.8 cm³/mol. The van der Waals surface area contributed by atoms with Gasteiger partial charge in [0, 0.05) is 12.6 Å². The molecule has 0 radical (unpaired) electrons. The summed E-state index contributed by atoms with van der Waals surface area (Å²) >= 11 is 0. The Kier molecular flexibility index (Phi) is 4.33. The lowest BCUT2D eigenvalue weighted by Gasteiger charge is -2.29. The minimum absolute atomic E-state index is 0.345. The molecule has 1 aliphatic heterocycles. The fourth-order valence-electron chi connectivity index (χ4n) is 2.24. The highest BCUT2D eigenvalue weighted by Crippen LogP contribution is 2.10. The van der Waals surface area contributed by atoms with Gasteiger partial charge >= 0.3 is 5.97 Å². The van der Waals surface area contributed by atoms with Gasteiger partial charge in [-0.05, 0) is 50.7 Å². The Morgan fingerprint density at radius 1 is 1.33 bits per heavy atom. The molecule has 1 fully saturated rings. The van der Waals surface area contributed by atoms with Gasteiger partial charge in [-0.2, -0.15) is 0 Å². The van der Waals surface area contributed by atoms with Crippen molar-refractivity contribution in [3.05, 3.63) is 35.4 Å². The van der Waals surface area contributed by atoms with Crippen molar-refractivity contribution in [3.63, 3.8) is 0 Å². The van der Waals surface area contributed by atoms with Crippen LogP contribution in [0.2, 0.25) is 0 Å². The fourth-order valence-corrected chi connectivity index (χ4v) is 2.24. The van der Waals surface area contributed by atoms with Crippen molar-refractivity contribution >= 4 is 5.97 Å². The van der Waals surface area contributed by atoms with Crippen LogP contribution in [0.5, 0.6) is 0 Å². The fraction of sp³-hybridized carbons (Fsp3) is 0.500. The molecule has 98 valence electrons. The third kappa shape index (κ3) is 3.55. The first-order valence-electron chi connectivity index (χ1n) is 6.39. The molecule has 0 bridgehead atoms. The molecule has 1 aromatic rings. The van der Waals surface area contributed by atoms with Gasteiger partial charge in [-0.1, -0.05) is 12.1 Å².